The summed E-state index contributed by atoms with van der Waals surface area (Å²) in [6.45, 7) is 2.13. The first-order valence-corrected chi connectivity index (χ1v) is 7.51. The quantitative estimate of drug-likeness (QED) is 0.906. The molecule has 0 spiro atoms. The summed E-state index contributed by atoms with van der Waals surface area (Å²) in [6.07, 6.45) is 3.55. The van der Waals surface area contributed by atoms with Crippen LogP contribution in [0.3, 0.4) is 0 Å². The molecule has 1 aromatic carbocycles. The van der Waals surface area contributed by atoms with Gasteiger partial charge in [0.15, 0.2) is 0 Å². The van der Waals surface area contributed by atoms with Crippen molar-refractivity contribution in [1.29, 1.82) is 0 Å². The van der Waals surface area contributed by atoms with Crippen LogP contribution >= 0.6 is 15.9 Å². The normalized spacial score (nSPS) is 27.7. The zero-order chi connectivity index (χ0) is 12.7. The standard InChI is InChI=1S/C15H18BrNO/c1-9(10-6-7-10)17-15(18)13-8-12(13)11-4-2-3-5-14(11)16/h2-5,9-10,12-13H,6-8H2,1H3,(H,17,18)/t9-,12+,13+/m0/s1. The summed E-state index contributed by atoms with van der Waals surface area (Å²) in [5, 5.41) is 3.17. The van der Waals surface area contributed by atoms with E-state index in [-0.39, 0.29) is 11.8 Å². The highest BCUT2D eigenvalue weighted by Crippen LogP contribution is 2.49. The molecule has 0 bridgehead atoms. The van der Waals surface area contributed by atoms with Crippen molar-refractivity contribution in [3.8, 4) is 0 Å². The molecule has 0 aliphatic heterocycles. The van der Waals surface area contributed by atoms with Crippen LogP contribution in [0.25, 0.3) is 0 Å². The van der Waals surface area contributed by atoms with Gasteiger partial charge >= 0.3 is 0 Å². The highest BCUT2D eigenvalue weighted by atomic mass is 79.9. The van der Waals surface area contributed by atoms with E-state index >= 15 is 0 Å². The predicted octanol–water partition coefficient (Wildman–Crippen LogP) is 3.47. The second kappa shape index (κ2) is 4.69. The third kappa shape index (κ3) is 2.46. The van der Waals surface area contributed by atoms with Crippen LogP contribution in [0.2, 0.25) is 0 Å². The molecule has 2 aliphatic carbocycles. The lowest BCUT2D eigenvalue weighted by Crippen LogP contribution is -2.35. The summed E-state index contributed by atoms with van der Waals surface area (Å²) in [5.41, 5.74) is 1.27. The molecule has 1 N–H and O–H groups in total. The molecule has 2 saturated carbocycles. The number of rotatable bonds is 4. The molecule has 0 heterocycles. The van der Waals surface area contributed by atoms with Gasteiger partial charge in [-0.1, -0.05) is 34.1 Å². The lowest BCUT2D eigenvalue weighted by atomic mass is 10.1. The maximum atomic E-state index is 12.1. The minimum absolute atomic E-state index is 0.185. The van der Waals surface area contributed by atoms with E-state index in [1.54, 1.807) is 0 Å². The van der Waals surface area contributed by atoms with Gasteiger partial charge in [0.2, 0.25) is 5.91 Å². The Hall–Kier alpha value is -0.830. The van der Waals surface area contributed by atoms with Gasteiger partial charge in [0.1, 0.15) is 0 Å². The lowest BCUT2D eigenvalue weighted by molar-refractivity contribution is -0.123. The van der Waals surface area contributed by atoms with E-state index < -0.39 is 0 Å². The van der Waals surface area contributed by atoms with Crippen molar-refractivity contribution in [2.75, 3.05) is 0 Å². The summed E-state index contributed by atoms with van der Waals surface area (Å²) < 4.78 is 1.13. The molecule has 2 nitrogen and oxygen atoms in total. The van der Waals surface area contributed by atoms with Crippen molar-refractivity contribution in [3.63, 3.8) is 0 Å². The van der Waals surface area contributed by atoms with Gasteiger partial charge in [0.05, 0.1) is 0 Å². The third-order valence-electron chi connectivity index (χ3n) is 4.13. The number of nitrogens with one attached hydrogen (secondary N) is 1. The number of amides is 1. The van der Waals surface area contributed by atoms with Crippen LogP contribution in [0, 0.1) is 11.8 Å². The molecule has 1 amide bonds. The monoisotopic (exact) mass is 307 g/mol. The topological polar surface area (TPSA) is 29.1 Å². The van der Waals surface area contributed by atoms with Crippen LogP contribution in [0.15, 0.2) is 28.7 Å². The number of halogens is 1. The number of hydrogen-bond acceptors (Lipinski definition) is 1. The molecule has 18 heavy (non-hydrogen) atoms. The van der Waals surface area contributed by atoms with Crippen LogP contribution in [-0.4, -0.2) is 11.9 Å². The fraction of sp³-hybridized carbons (Fsp3) is 0.533. The lowest BCUT2D eigenvalue weighted by Gasteiger charge is -2.12. The maximum absolute atomic E-state index is 12.1. The average Bonchev–Trinajstić information content (AvgIpc) is 3.22. The summed E-state index contributed by atoms with van der Waals surface area (Å²) in [4.78, 5) is 12.1. The van der Waals surface area contributed by atoms with E-state index in [1.165, 1.54) is 18.4 Å². The largest absolute Gasteiger partial charge is 0.353 e. The van der Waals surface area contributed by atoms with Crippen molar-refractivity contribution in [2.24, 2.45) is 11.8 Å². The van der Waals surface area contributed by atoms with Gasteiger partial charge in [-0.05, 0) is 49.7 Å². The van der Waals surface area contributed by atoms with Gasteiger partial charge in [0.25, 0.3) is 0 Å². The van der Waals surface area contributed by atoms with Gasteiger partial charge < -0.3 is 5.32 Å². The van der Waals surface area contributed by atoms with Gasteiger partial charge in [0, 0.05) is 16.4 Å². The molecule has 3 heteroatoms. The molecule has 0 aromatic heterocycles. The van der Waals surface area contributed by atoms with Crippen molar-refractivity contribution in [2.45, 2.75) is 38.1 Å². The smallest absolute Gasteiger partial charge is 0.223 e. The van der Waals surface area contributed by atoms with E-state index in [0.717, 1.165) is 16.8 Å². The summed E-state index contributed by atoms with van der Waals surface area (Å²) in [7, 11) is 0. The Bertz CT molecular complexity index is 469. The Morgan fingerprint density at radius 3 is 2.78 bits per heavy atom. The predicted molar refractivity (Wildman–Crippen MR) is 75.3 cm³/mol. The second-order valence-corrected chi connectivity index (χ2v) is 6.46. The van der Waals surface area contributed by atoms with E-state index in [9.17, 15) is 4.79 Å². The summed E-state index contributed by atoms with van der Waals surface area (Å²) in [5.74, 6) is 1.57. The number of hydrogen-bond donors (Lipinski definition) is 1. The van der Waals surface area contributed by atoms with E-state index in [2.05, 4.69) is 40.3 Å². The molecule has 3 rings (SSSR count). The zero-order valence-electron chi connectivity index (χ0n) is 10.5. The van der Waals surface area contributed by atoms with Crippen molar-refractivity contribution in [3.05, 3.63) is 34.3 Å². The van der Waals surface area contributed by atoms with Crippen molar-refractivity contribution < 1.29 is 4.79 Å². The molecule has 0 unspecified atom stereocenters. The Labute approximate surface area is 116 Å². The fourth-order valence-corrected chi connectivity index (χ4v) is 3.23. The fourth-order valence-electron chi connectivity index (χ4n) is 2.65. The number of benzene rings is 1. The van der Waals surface area contributed by atoms with E-state index in [4.69, 9.17) is 0 Å². The number of carbonyl (C=O) groups is 1. The van der Waals surface area contributed by atoms with Crippen LogP contribution in [0.1, 0.15) is 37.7 Å². The summed E-state index contributed by atoms with van der Waals surface area (Å²) in [6, 6.07) is 8.58. The highest BCUT2D eigenvalue weighted by Gasteiger charge is 2.45. The van der Waals surface area contributed by atoms with Gasteiger partial charge in [-0.2, -0.15) is 0 Å². The van der Waals surface area contributed by atoms with Gasteiger partial charge in [-0.25, -0.2) is 0 Å². The minimum Gasteiger partial charge on any atom is -0.353 e. The highest BCUT2D eigenvalue weighted by molar-refractivity contribution is 9.10. The number of carbonyl (C=O) groups excluding carboxylic acids is 1. The molecule has 0 saturated heterocycles. The van der Waals surface area contributed by atoms with Crippen LogP contribution in [-0.2, 0) is 4.79 Å². The Morgan fingerprint density at radius 1 is 1.39 bits per heavy atom. The van der Waals surface area contributed by atoms with Crippen LogP contribution < -0.4 is 5.32 Å². The first-order chi connectivity index (χ1) is 8.66. The molecule has 1 aromatic rings. The minimum atomic E-state index is 0.185. The Kier molecular flexibility index (Phi) is 3.18. The average molecular weight is 308 g/mol. The SMILES string of the molecule is C[C@H](NC(=O)[C@@H]1C[C@@H]1c1ccccc1Br)C1CC1. The molecule has 2 aliphatic rings. The van der Waals surface area contributed by atoms with Gasteiger partial charge in [-0.15, -0.1) is 0 Å². The Morgan fingerprint density at radius 2 is 2.11 bits per heavy atom. The van der Waals surface area contributed by atoms with E-state index in [1.807, 2.05) is 12.1 Å². The summed E-state index contributed by atoms with van der Waals surface area (Å²) >= 11 is 3.57. The van der Waals surface area contributed by atoms with Crippen molar-refractivity contribution >= 4 is 21.8 Å². The maximum Gasteiger partial charge on any atom is 0.223 e. The molecular formula is C15H18BrNO. The van der Waals surface area contributed by atoms with Crippen LogP contribution in [0.5, 0.6) is 0 Å². The zero-order valence-corrected chi connectivity index (χ0v) is 12.1. The molecule has 2 fully saturated rings. The molecular weight excluding hydrogens is 290 g/mol. The third-order valence-corrected chi connectivity index (χ3v) is 4.85. The van der Waals surface area contributed by atoms with Gasteiger partial charge in [-0.3, -0.25) is 4.79 Å². The van der Waals surface area contributed by atoms with Crippen molar-refractivity contribution in [1.82, 2.24) is 5.32 Å². The van der Waals surface area contributed by atoms with Crippen LogP contribution in [0.4, 0.5) is 0 Å². The molecule has 96 valence electrons. The van der Waals surface area contributed by atoms with E-state index in [0.29, 0.717) is 12.0 Å². The molecule has 3 atom stereocenters. The first kappa shape index (κ1) is 12.2. The second-order valence-electron chi connectivity index (χ2n) is 5.60. The Balaban J connectivity index is 1.60. The first-order valence-electron chi connectivity index (χ1n) is 6.71. The molecule has 0 radical (unpaired) electrons.